The van der Waals surface area contributed by atoms with Gasteiger partial charge in [0, 0.05) is 24.3 Å². The van der Waals surface area contributed by atoms with E-state index in [2.05, 4.69) is 6.58 Å². The minimum absolute atomic E-state index is 0.0190. The summed E-state index contributed by atoms with van der Waals surface area (Å²) in [4.78, 5) is 13.8. The van der Waals surface area contributed by atoms with Crippen LogP contribution in [0.25, 0.3) is 0 Å². The van der Waals surface area contributed by atoms with Gasteiger partial charge in [0.2, 0.25) is 0 Å². The van der Waals surface area contributed by atoms with Gasteiger partial charge in [-0.05, 0) is 38.1 Å². The van der Waals surface area contributed by atoms with Crippen molar-refractivity contribution in [1.82, 2.24) is 4.90 Å². The molecule has 0 atom stereocenters. The van der Waals surface area contributed by atoms with Gasteiger partial charge < -0.3 is 10.6 Å². The van der Waals surface area contributed by atoms with E-state index in [0.29, 0.717) is 24.3 Å². The van der Waals surface area contributed by atoms with Gasteiger partial charge in [-0.15, -0.1) is 0 Å². The molecule has 0 aliphatic heterocycles. The molecule has 16 heavy (non-hydrogen) atoms. The number of carbonyl (C=O) groups excluding carboxylic acids is 1. The Kier molecular flexibility index (Phi) is 4.11. The molecule has 2 N–H and O–H groups in total. The Bertz CT molecular complexity index is 381. The van der Waals surface area contributed by atoms with Crippen LogP contribution in [0.4, 0.5) is 5.69 Å². The fourth-order valence-corrected chi connectivity index (χ4v) is 1.46. The van der Waals surface area contributed by atoms with Crippen LogP contribution in [0.1, 0.15) is 24.2 Å². The van der Waals surface area contributed by atoms with E-state index in [0.717, 1.165) is 5.57 Å². The van der Waals surface area contributed by atoms with Crippen LogP contribution in [-0.2, 0) is 0 Å². The second-order valence-corrected chi connectivity index (χ2v) is 3.90. The smallest absolute Gasteiger partial charge is 0.254 e. The van der Waals surface area contributed by atoms with Crippen LogP contribution < -0.4 is 5.73 Å². The first-order valence-electron chi connectivity index (χ1n) is 5.33. The summed E-state index contributed by atoms with van der Waals surface area (Å²) >= 11 is 0. The fourth-order valence-electron chi connectivity index (χ4n) is 1.46. The first kappa shape index (κ1) is 12.3. The summed E-state index contributed by atoms with van der Waals surface area (Å²) in [6.45, 7) is 8.96. The van der Waals surface area contributed by atoms with Gasteiger partial charge in [0.1, 0.15) is 0 Å². The quantitative estimate of drug-likeness (QED) is 0.622. The molecule has 0 aliphatic rings. The number of anilines is 1. The Morgan fingerprint density at radius 1 is 1.38 bits per heavy atom. The molecule has 0 saturated carbocycles. The average molecular weight is 218 g/mol. The van der Waals surface area contributed by atoms with E-state index < -0.39 is 0 Å². The lowest BCUT2D eigenvalue weighted by Crippen LogP contribution is -2.32. The molecule has 0 aromatic heterocycles. The molecular formula is C13H18N2O. The highest BCUT2D eigenvalue weighted by molar-refractivity contribution is 5.94. The van der Waals surface area contributed by atoms with E-state index in [1.165, 1.54) is 0 Å². The highest BCUT2D eigenvalue weighted by atomic mass is 16.2. The zero-order valence-corrected chi connectivity index (χ0v) is 9.86. The molecule has 0 bridgehead atoms. The molecule has 3 nitrogen and oxygen atoms in total. The number of nitrogen functional groups attached to an aromatic ring is 1. The number of carbonyl (C=O) groups is 1. The first-order chi connectivity index (χ1) is 7.54. The third kappa shape index (κ3) is 3.12. The van der Waals surface area contributed by atoms with Crippen LogP contribution in [0.15, 0.2) is 36.4 Å². The second-order valence-electron chi connectivity index (χ2n) is 3.90. The number of benzene rings is 1. The molecule has 0 heterocycles. The van der Waals surface area contributed by atoms with Gasteiger partial charge in [-0.1, -0.05) is 12.2 Å². The number of amides is 1. The third-order valence-corrected chi connectivity index (χ3v) is 2.29. The van der Waals surface area contributed by atoms with Gasteiger partial charge >= 0.3 is 0 Å². The summed E-state index contributed by atoms with van der Waals surface area (Å²) in [6.07, 6.45) is 0. The lowest BCUT2D eigenvalue weighted by molar-refractivity contribution is 0.0778. The van der Waals surface area contributed by atoms with Crippen LogP contribution in [0.2, 0.25) is 0 Å². The molecule has 1 amide bonds. The highest BCUT2D eigenvalue weighted by Crippen LogP contribution is 2.09. The summed E-state index contributed by atoms with van der Waals surface area (Å²) in [6, 6.07) is 6.97. The molecule has 0 radical (unpaired) electrons. The van der Waals surface area contributed by atoms with Gasteiger partial charge in [-0.2, -0.15) is 0 Å². The molecule has 86 valence electrons. The fraction of sp³-hybridized carbons (Fsp3) is 0.308. The zero-order valence-electron chi connectivity index (χ0n) is 9.86. The van der Waals surface area contributed by atoms with Gasteiger partial charge in [0.25, 0.3) is 5.91 Å². The van der Waals surface area contributed by atoms with Gasteiger partial charge in [0.15, 0.2) is 0 Å². The average Bonchev–Trinajstić information content (AvgIpc) is 2.25. The largest absolute Gasteiger partial charge is 0.399 e. The predicted octanol–water partition coefficient (Wildman–Crippen LogP) is 2.31. The van der Waals surface area contributed by atoms with Crippen LogP contribution in [-0.4, -0.2) is 23.9 Å². The normalized spacial score (nSPS) is 9.88. The van der Waals surface area contributed by atoms with Crippen LogP contribution >= 0.6 is 0 Å². The topological polar surface area (TPSA) is 46.3 Å². The standard InChI is InChI=1S/C13H18N2O/c1-4-15(9-10(2)3)13(16)11-5-7-12(14)8-6-11/h5-8H,2,4,9,14H2,1,3H3. The van der Waals surface area contributed by atoms with Crippen molar-refractivity contribution in [2.75, 3.05) is 18.8 Å². The summed E-state index contributed by atoms with van der Waals surface area (Å²) in [5.41, 5.74) is 7.88. The minimum atomic E-state index is 0.0190. The van der Waals surface area contributed by atoms with E-state index >= 15 is 0 Å². The monoisotopic (exact) mass is 218 g/mol. The molecular weight excluding hydrogens is 200 g/mol. The molecule has 1 aromatic rings. The van der Waals surface area contributed by atoms with Crippen molar-refractivity contribution in [1.29, 1.82) is 0 Å². The Hall–Kier alpha value is -1.77. The molecule has 1 aromatic carbocycles. The summed E-state index contributed by atoms with van der Waals surface area (Å²) in [7, 11) is 0. The highest BCUT2D eigenvalue weighted by Gasteiger charge is 2.13. The molecule has 0 aliphatic carbocycles. The number of hydrogen-bond donors (Lipinski definition) is 1. The van der Waals surface area contributed by atoms with Gasteiger partial charge in [0.05, 0.1) is 0 Å². The summed E-state index contributed by atoms with van der Waals surface area (Å²) < 4.78 is 0. The van der Waals surface area contributed by atoms with Crippen molar-refractivity contribution in [3.8, 4) is 0 Å². The molecule has 0 unspecified atom stereocenters. The molecule has 0 fully saturated rings. The van der Waals surface area contributed by atoms with Crippen molar-refractivity contribution in [2.45, 2.75) is 13.8 Å². The van der Waals surface area contributed by atoms with E-state index in [9.17, 15) is 4.79 Å². The Morgan fingerprint density at radius 2 is 1.94 bits per heavy atom. The molecule has 1 rings (SSSR count). The maximum Gasteiger partial charge on any atom is 0.254 e. The predicted molar refractivity (Wildman–Crippen MR) is 67.2 cm³/mol. The maximum atomic E-state index is 12.1. The summed E-state index contributed by atoms with van der Waals surface area (Å²) in [5.74, 6) is 0.0190. The van der Waals surface area contributed by atoms with Crippen LogP contribution in [0, 0.1) is 0 Å². The van der Waals surface area contributed by atoms with Crippen molar-refractivity contribution >= 4 is 11.6 Å². The number of nitrogens with two attached hydrogens (primary N) is 1. The van der Waals surface area contributed by atoms with Crippen molar-refractivity contribution in [3.05, 3.63) is 42.0 Å². The van der Waals surface area contributed by atoms with Crippen molar-refractivity contribution in [2.24, 2.45) is 0 Å². The third-order valence-electron chi connectivity index (χ3n) is 2.29. The van der Waals surface area contributed by atoms with E-state index in [1.807, 2.05) is 13.8 Å². The first-order valence-corrected chi connectivity index (χ1v) is 5.33. The Balaban J connectivity index is 2.82. The van der Waals surface area contributed by atoms with E-state index in [-0.39, 0.29) is 5.91 Å². The molecule has 0 saturated heterocycles. The lowest BCUT2D eigenvalue weighted by Gasteiger charge is -2.21. The Morgan fingerprint density at radius 3 is 2.38 bits per heavy atom. The SMILES string of the molecule is C=C(C)CN(CC)C(=O)c1ccc(N)cc1. The summed E-state index contributed by atoms with van der Waals surface area (Å²) in [5, 5.41) is 0. The van der Waals surface area contributed by atoms with Gasteiger partial charge in [-0.25, -0.2) is 0 Å². The number of nitrogens with zero attached hydrogens (tertiary/aromatic N) is 1. The number of hydrogen-bond acceptors (Lipinski definition) is 2. The maximum absolute atomic E-state index is 12.1. The van der Waals surface area contributed by atoms with E-state index in [1.54, 1.807) is 29.2 Å². The number of rotatable bonds is 4. The lowest BCUT2D eigenvalue weighted by atomic mass is 10.1. The van der Waals surface area contributed by atoms with Crippen molar-refractivity contribution in [3.63, 3.8) is 0 Å². The van der Waals surface area contributed by atoms with E-state index in [4.69, 9.17) is 5.73 Å². The van der Waals surface area contributed by atoms with Gasteiger partial charge in [-0.3, -0.25) is 4.79 Å². The Labute approximate surface area is 96.6 Å². The second kappa shape index (κ2) is 5.35. The zero-order chi connectivity index (χ0) is 12.1. The number of likely N-dealkylation sites (N-methyl/N-ethyl adjacent to an activating group) is 1. The van der Waals surface area contributed by atoms with Crippen LogP contribution in [0.3, 0.4) is 0 Å². The molecule has 3 heteroatoms. The minimum Gasteiger partial charge on any atom is -0.399 e. The van der Waals surface area contributed by atoms with Crippen LogP contribution in [0.5, 0.6) is 0 Å². The molecule has 0 spiro atoms. The van der Waals surface area contributed by atoms with Crippen molar-refractivity contribution < 1.29 is 4.79 Å².